The molecule has 0 amide bonds. The van der Waals surface area contributed by atoms with Gasteiger partial charge in [0.15, 0.2) is 0 Å². The van der Waals surface area contributed by atoms with E-state index in [0.29, 0.717) is 18.1 Å². The minimum absolute atomic E-state index is 0.327. The molecule has 0 saturated heterocycles. The second-order valence-electron chi connectivity index (χ2n) is 4.23. The van der Waals surface area contributed by atoms with Crippen LogP contribution in [0.5, 0.6) is 5.75 Å². The Labute approximate surface area is 97.5 Å². The number of phenolic OH excluding ortho intramolecular Hbond substituents is 1. The topological polar surface area (TPSA) is 44.0 Å². The first-order valence-corrected chi connectivity index (χ1v) is 5.91. The zero-order chi connectivity index (χ0) is 11.8. The molecule has 0 fully saturated rings. The fourth-order valence-corrected chi connectivity index (χ4v) is 2.04. The van der Waals surface area contributed by atoms with Crippen molar-refractivity contribution in [1.82, 2.24) is 0 Å². The molecular formula is C14H19NO. The zero-order valence-corrected chi connectivity index (χ0v) is 9.82. The van der Waals surface area contributed by atoms with Gasteiger partial charge in [-0.25, -0.2) is 0 Å². The van der Waals surface area contributed by atoms with Gasteiger partial charge in [0.1, 0.15) is 5.75 Å². The number of rotatable bonds is 6. The normalized spacial score (nSPS) is 12.0. The maximum Gasteiger partial charge on any atom is 0.115 e. The van der Waals surface area contributed by atoms with Gasteiger partial charge in [-0.05, 0) is 36.5 Å². The van der Waals surface area contributed by atoms with Crippen LogP contribution in [0.4, 0.5) is 0 Å². The molecule has 0 unspecified atom stereocenters. The Morgan fingerprint density at radius 3 is 2.81 bits per heavy atom. The van der Waals surface area contributed by atoms with Gasteiger partial charge in [-0.1, -0.05) is 31.9 Å². The van der Waals surface area contributed by atoms with Gasteiger partial charge in [0.05, 0.1) is 6.07 Å². The average Bonchev–Trinajstić information content (AvgIpc) is 2.26. The van der Waals surface area contributed by atoms with Crippen molar-refractivity contribution in [2.45, 2.75) is 39.0 Å². The smallest absolute Gasteiger partial charge is 0.115 e. The second-order valence-corrected chi connectivity index (χ2v) is 4.23. The molecule has 1 aromatic carbocycles. The van der Waals surface area contributed by atoms with Crippen LogP contribution in [-0.2, 0) is 6.42 Å². The van der Waals surface area contributed by atoms with Crippen molar-refractivity contribution in [3.05, 3.63) is 29.8 Å². The minimum Gasteiger partial charge on any atom is -0.508 e. The number of aromatic hydroxyl groups is 1. The summed E-state index contributed by atoms with van der Waals surface area (Å²) >= 11 is 0. The first-order valence-electron chi connectivity index (χ1n) is 5.91. The van der Waals surface area contributed by atoms with Gasteiger partial charge in [0.25, 0.3) is 0 Å². The van der Waals surface area contributed by atoms with Crippen LogP contribution in [0.2, 0.25) is 0 Å². The van der Waals surface area contributed by atoms with Crippen molar-refractivity contribution in [3.63, 3.8) is 0 Å². The van der Waals surface area contributed by atoms with E-state index in [2.05, 4.69) is 13.0 Å². The zero-order valence-electron chi connectivity index (χ0n) is 9.82. The molecule has 1 aromatic rings. The average molecular weight is 217 g/mol. The van der Waals surface area contributed by atoms with E-state index >= 15 is 0 Å². The summed E-state index contributed by atoms with van der Waals surface area (Å²) in [6.45, 7) is 2.17. The molecule has 0 aliphatic heterocycles. The number of benzene rings is 1. The van der Waals surface area contributed by atoms with Crippen molar-refractivity contribution >= 4 is 0 Å². The Bertz CT molecular complexity index is 354. The fraction of sp³-hybridized carbons (Fsp3) is 0.500. The number of nitrogens with zero attached hydrogens (tertiary/aromatic N) is 1. The van der Waals surface area contributed by atoms with Crippen LogP contribution in [0.1, 0.15) is 38.2 Å². The lowest BCUT2D eigenvalue weighted by atomic mass is 9.91. The minimum atomic E-state index is 0.327. The van der Waals surface area contributed by atoms with Gasteiger partial charge >= 0.3 is 0 Å². The Hall–Kier alpha value is -1.49. The molecule has 2 heteroatoms. The van der Waals surface area contributed by atoms with Gasteiger partial charge in [-0.15, -0.1) is 0 Å². The lowest BCUT2D eigenvalue weighted by Gasteiger charge is -2.14. The van der Waals surface area contributed by atoms with Crippen LogP contribution < -0.4 is 0 Å². The largest absolute Gasteiger partial charge is 0.508 e. The van der Waals surface area contributed by atoms with Crippen LogP contribution in [-0.4, -0.2) is 5.11 Å². The number of nitriles is 1. The van der Waals surface area contributed by atoms with Gasteiger partial charge in [0, 0.05) is 6.42 Å². The highest BCUT2D eigenvalue weighted by atomic mass is 16.3. The molecule has 0 aromatic heterocycles. The molecule has 0 radical (unpaired) electrons. The summed E-state index contributed by atoms with van der Waals surface area (Å²) in [4.78, 5) is 0. The molecular weight excluding hydrogens is 198 g/mol. The molecule has 0 aliphatic rings. The quantitative estimate of drug-likeness (QED) is 0.790. The second kappa shape index (κ2) is 6.90. The number of hydrogen-bond donors (Lipinski definition) is 1. The highest BCUT2D eigenvalue weighted by Gasteiger charge is 2.08. The molecule has 16 heavy (non-hydrogen) atoms. The Balaban J connectivity index is 2.57. The van der Waals surface area contributed by atoms with Crippen LogP contribution in [0.3, 0.4) is 0 Å². The Morgan fingerprint density at radius 1 is 1.38 bits per heavy atom. The van der Waals surface area contributed by atoms with Crippen LogP contribution in [0.25, 0.3) is 0 Å². The highest BCUT2D eigenvalue weighted by molar-refractivity contribution is 5.27. The van der Waals surface area contributed by atoms with E-state index in [1.165, 1.54) is 0 Å². The first kappa shape index (κ1) is 12.6. The van der Waals surface area contributed by atoms with E-state index in [4.69, 9.17) is 5.26 Å². The maximum atomic E-state index is 9.38. The number of phenols is 1. The number of hydrogen-bond acceptors (Lipinski definition) is 2. The van der Waals surface area contributed by atoms with Gasteiger partial charge in [-0.2, -0.15) is 5.26 Å². The SMILES string of the molecule is CCC[C@@H](CCC#N)Cc1cccc(O)c1. The standard InChI is InChI=1S/C14H19NO/c1-2-5-12(7-4-9-15)10-13-6-3-8-14(16)11-13/h3,6,8,11-12,16H,2,4-5,7,10H2,1H3/t12-/m0/s1. The van der Waals surface area contributed by atoms with Crippen molar-refractivity contribution in [2.75, 3.05) is 0 Å². The highest BCUT2D eigenvalue weighted by Crippen LogP contribution is 2.21. The first-order chi connectivity index (χ1) is 7.76. The lowest BCUT2D eigenvalue weighted by molar-refractivity contribution is 0.444. The summed E-state index contributed by atoms with van der Waals surface area (Å²) < 4.78 is 0. The summed E-state index contributed by atoms with van der Waals surface area (Å²) in [5, 5.41) is 18.0. The molecule has 2 nitrogen and oxygen atoms in total. The van der Waals surface area contributed by atoms with Gasteiger partial charge < -0.3 is 5.11 Å². The van der Waals surface area contributed by atoms with E-state index < -0.39 is 0 Å². The third-order valence-electron chi connectivity index (χ3n) is 2.80. The molecule has 0 bridgehead atoms. The molecule has 0 saturated carbocycles. The summed E-state index contributed by atoms with van der Waals surface area (Å²) in [6.07, 6.45) is 4.85. The van der Waals surface area contributed by atoms with E-state index in [1.54, 1.807) is 6.07 Å². The molecule has 0 aliphatic carbocycles. The molecule has 1 rings (SSSR count). The predicted octanol–water partition coefficient (Wildman–Crippen LogP) is 3.65. The van der Waals surface area contributed by atoms with Crippen LogP contribution in [0, 0.1) is 17.2 Å². The summed E-state index contributed by atoms with van der Waals surface area (Å²) in [6, 6.07) is 9.62. The monoisotopic (exact) mass is 217 g/mol. The van der Waals surface area contributed by atoms with E-state index in [0.717, 1.165) is 31.2 Å². The molecule has 1 atom stereocenters. The predicted molar refractivity (Wildman–Crippen MR) is 65.1 cm³/mol. The molecule has 1 N–H and O–H groups in total. The van der Waals surface area contributed by atoms with Crippen molar-refractivity contribution < 1.29 is 5.11 Å². The van der Waals surface area contributed by atoms with Crippen molar-refractivity contribution in [3.8, 4) is 11.8 Å². The maximum absolute atomic E-state index is 9.38. The third kappa shape index (κ3) is 4.35. The Kier molecular flexibility index (Phi) is 5.42. The summed E-state index contributed by atoms with van der Waals surface area (Å²) in [5.74, 6) is 0.888. The van der Waals surface area contributed by atoms with Crippen LogP contribution in [0.15, 0.2) is 24.3 Å². The van der Waals surface area contributed by atoms with Crippen molar-refractivity contribution in [1.29, 1.82) is 5.26 Å². The van der Waals surface area contributed by atoms with Crippen LogP contribution >= 0.6 is 0 Å². The van der Waals surface area contributed by atoms with Gasteiger partial charge in [0.2, 0.25) is 0 Å². The summed E-state index contributed by atoms with van der Waals surface area (Å²) in [5.41, 5.74) is 1.16. The summed E-state index contributed by atoms with van der Waals surface area (Å²) in [7, 11) is 0. The van der Waals surface area contributed by atoms with Crippen molar-refractivity contribution in [2.24, 2.45) is 5.92 Å². The third-order valence-corrected chi connectivity index (χ3v) is 2.80. The van der Waals surface area contributed by atoms with E-state index in [9.17, 15) is 5.11 Å². The van der Waals surface area contributed by atoms with E-state index in [1.807, 2.05) is 18.2 Å². The van der Waals surface area contributed by atoms with E-state index in [-0.39, 0.29) is 0 Å². The Morgan fingerprint density at radius 2 is 2.19 bits per heavy atom. The molecule has 0 spiro atoms. The van der Waals surface area contributed by atoms with Gasteiger partial charge in [-0.3, -0.25) is 0 Å². The molecule has 86 valence electrons. The fourth-order valence-electron chi connectivity index (χ4n) is 2.04. The lowest BCUT2D eigenvalue weighted by Crippen LogP contribution is -2.04. The molecule has 0 heterocycles.